The molecule has 156 valence electrons. The lowest BCUT2D eigenvalue weighted by Gasteiger charge is -2.25. The predicted octanol–water partition coefficient (Wildman–Crippen LogP) is 3.65. The predicted molar refractivity (Wildman–Crippen MR) is 121 cm³/mol. The first-order valence-corrected chi connectivity index (χ1v) is 13.3. The smallest absolute Gasteiger partial charge is 0.267 e. The van der Waals surface area contributed by atoms with Gasteiger partial charge in [0, 0.05) is 49.1 Å². The molecule has 4 rings (SSSR count). The van der Waals surface area contributed by atoms with Crippen LogP contribution in [0.5, 0.6) is 0 Å². The van der Waals surface area contributed by atoms with E-state index >= 15 is 0 Å². The van der Waals surface area contributed by atoms with Crippen molar-refractivity contribution in [2.75, 3.05) is 47.9 Å². The number of rotatable bonds is 5. The summed E-state index contributed by atoms with van der Waals surface area (Å²) >= 11 is 2.91. The number of amides is 1. The number of carbonyl (C=O) groups is 1. The minimum absolute atomic E-state index is 0.109. The molecule has 1 aromatic heterocycles. The Morgan fingerprint density at radius 1 is 1.07 bits per heavy atom. The second-order valence-electron chi connectivity index (χ2n) is 7.28. The highest BCUT2D eigenvalue weighted by Crippen LogP contribution is 2.30. The molecule has 0 spiro atoms. The molecule has 0 aliphatic carbocycles. The van der Waals surface area contributed by atoms with Gasteiger partial charge in [0.1, 0.15) is 9.77 Å². The highest BCUT2D eigenvalue weighted by molar-refractivity contribution is 7.99. The Bertz CT molecular complexity index is 991. The van der Waals surface area contributed by atoms with Crippen LogP contribution in [0.15, 0.2) is 34.5 Å². The molecule has 9 heteroatoms. The number of sulfonamides is 1. The van der Waals surface area contributed by atoms with Gasteiger partial charge in [0.15, 0.2) is 0 Å². The third-order valence-corrected chi connectivity index (χ3v) is 9.25. The van der Waals surface area contributed by atoms with Crippen LogP contribution in [0, 0.1) is 6.92 Å². The molecule has 0 bridgehead atoms. The number of benzene rings is 1. The number of carbonyl (C=O) groups excluding carboxylic acids is 1. The van der Waals surface area contributed by atoms with Crippen molar-refractivity contribution in [2.45, 2.75) is 24.7 Å². The van der Waals surface area contributed by atoms with Gasteiger partial charge in [-0.15, -0.1) is 11.3 Å². The zero-order valence-electron chi connectivity index (χ0n) is 16.4. The van der Waals surface area contributed by atoms with Crippen LogP contribution >= 0.6 is 23.1 Å². The molecule has 0 atom stereocenters. The minimum Gasteiger partial charge on any atom is -0.371 e. The third kappa shape index (κ3) is 4.33. The van der Waals surface area contributed by atoms with Crippen molar-refractivity contribution in [3.63, 3.8) is 0 Å². The Morgan fingerprint density at radius 3 is 2.48 bits per heavy atom. The summed E-state index contributed by atoms with van der Waals surface area (Å²) in [5.41, 5.74) is 2.99. The molecule has 6 nitrogen and oxygen atoms in total. The van der Waals surface area contributed by atoms with Gasteiger partial charge in [-0.05, 0) is 55.0 Å². The second kappa shape index (κ2) is 8.67. The Kier molecular flexibility index (Phi) is 6.19. The minimum atomic E-state index is -3.65. The lowest BCUT2D eigenvalue weighted by atomic mass is 10.1. The normalized spacial score (nSPS) is 18.2. The van der Waals surface area contributed by atoms with E-state index in [-0.39, 0.29) is 15.7 Å². The summed E-state index contributed by atoms with van der Waals surface area (Å²) in [5, 5.41) is 4.55. The average Bonchev–Trinajstić information content (AvgIpc) is 3.41. The maximum absolute atomic E-state index is 13.0. The summed E-state index contributed by atoms with van der Waals surface area (Å²) in [6, 6.07) is 7.42. The van der Waals surface area contributed by atoms with Crippen LogP contribution in [0.3, 0.4) is 0 Å². The molecule has 2 fully saturated rings. The van der Waals surface area contributed by atoms with E-state index in [1.165, 1.54) is 22.8 Å². The molecule has 1 amide bonds. The van der Waals surface area contributed by atoms with Crippen molar-refractivity contribution < 1.29 is 13.2 Å². The molecule has 0 saturated carbocycles. The molecule has 2 aromatic rings. The fraction of sp³-hybridized carbons (Fsp3) is 0.450. The van der Waals surface area contributed by atoms with E-state index in [0.29, 0.717) is 18.8 Å². The number of thioether (sulfide) groups is 1. The van der Waals surface area contributed by atoms with Crippen LogP contribution < -0.4 is 10.2 Å². The highest BCUT2D eigenvalue weighted by atomic mass is 32.2. The van der Waals surface area contributed by atoms with Crippen molar-refractivity contribution in [1.29, 1.82) is 0 Å². The number of hydrogen-bond donors (Lipinski definition) is 1. The summed E-state index contributed by atoms with van der Waals surface area (Å²) in [6.07, 6.45) is 2.42. The van der Waals surface area contributed by atoms with E-state index < -0.39 is 10.0 Å². The molecule has 29 heavy (non-hydrogen) atoms. The standard InChI is InChI=1S/C20H25N3O3S3/c1-15-14-16(4-5-17(15)22-7-2-3-8-22)21-20(24)19-18(6-11-28-19)29(25,26)23-9-12-27-13-10-23/h4-6,11,14H,2-3,7-10,12-13H2,1H3,(H,21,24). The van der Waals surface area contributed by atoms with Gasteiger partial charge >= 0.3 is 0 Å². The molecule has 2 aliphatic rings. The van der Waals surface area contributed by atoms with Gasteiger partial charge in [-0.2, -0.15) is 16.1 Å². The SMILES string of the molecule is Cc1cc(NC(=O)c2sccc2S(=O)(=O)N2CCSCC2)ccc1N1CCCC1. The molecular weight excluding hydrogens is 426 g/mol. The number of nitrogens with one attached hydrogen (secondary N) is 1. The maximum atomic E-state index is 13.0. The first kappa shape index (κ1) is 20.7. The number of nitrogens with zero attached hydrogens (tertiary/aromatic N) is 2. The van der Waals surface area contributed by atoms with Gasteiger partial charge in [-0.1, -0.05) is 0 Å². The summed E-state index contributed by atoms with van der Waals surface area (Å²) in [6.45, 7) is 5.15. The molecule has 1 N–H and O–H groups in total. The number of thiophene rings is 1. The van der Waals surface area contributed by atoms with E-state index in [4.69, 9.17) is 0 Å². The Morgan fingerprint density at radius 2 is 1.79 bits per heavy atom. The van der Waals surface area contributed by atoms with Gasteiger partial charge in [0.25, 0.3) is 5.91 Å². The molecule has 1 aromatic carbocycles. The topological polar surface area (TPSA) is 69.7 Å². The van der Waals surface area contributed by atoms with Gasteiger partial charge in [0.05, 0.1) is 0 Å². The zero-order chi connectivity index (χ0) is 20.4. The van der Waals surface area contributed by atoms with Crippen molar-refractivity contribution in [3.05, 3.63) is 40.1 Å². The summed E-state index contributed by atoms with van der Waals surface area (Å²) < 4.78 is 27.5. The summed E-state index contributed by atoms with van der Waals surface area (Å²) in [7, 11) is -3.65. The van der Waals surface area contributed by atoms with Crippen molar-refractivity contribution in [3.8, 4) is 0 Å². The van der Waals surface area contributed by atoms with Gasteiger partial charge < -0.3 is 10.2 Å². The molecule has 2 aliphatic heterocycles. The lowest BCUT2D eigenvalue weighted by Crippen LogP contribution is -2.38. The highest BCUT2D eigenvalue weighted by Gasteiger charge is 2.31. The summed E-state index contributed by atoms with van der Waals surface area (Å²) in [4.78, 5) is 15.6. The van der Waals surface area contributed by atoms with E-state index in [2.05, 4.69) is 10.2 Å². The first-order valence-electron chi connectivity index (χ1n) is 9.79. The third-order valence-electron chi connectivity index (χ3n) is 5.32. The summed E-state index contributed by atoms with van der Waals surface area (Å²) in [5.74, 6) is 1.19. The Balaban J connectivity index is 1.52. The van der Waals surface area contributed by atoms with Crippen molar-refractivity contribution >= 4 is 50.4 Å². The quantitative estimate of drug-likeness (QED) is 0.752. The van der Waals surface area contributed by atoms with Crippen LogP contribution in [-0.4, -0.2) is 56.3 Å². The molecule has 0 radical (unpaired) electrons. The van der Waals surface area contributed by atoms with Crippen LogP contribution in [0.4, 0.5) is 11.4 Å². The average molecular weight is 452 g/mol. The van der Waals surface area contributed by atoms with Crippen molar-refractivity contribution in [2.24, 2.45) is 0 Å². The molecular formula is C20H25N3O3S3. The lowest BCUT2D eigenvalue weighted by molar-refractivity contribution is 0.102. The van der Waals surface area contributed by atoms with E-state index in [1.54, 1.807) is 23.2 Å². The van der Waals surface area contributed by atoms with E-state index in [1.807, 2.05) is 25.1 Å². The van der Waals surface area contributed by atoms with Crippen LogP contribution in [0.2, 0.25) is 0 Å². The fourth-order valence-electron chi connectivity index (χ4n) is 3.83. The second-order valence-corrected chi connectivity index (χ2v) is 11.3. The molecule has 0 unspecified atom stereocenters. The Hall–Kier alpha value is -1.55. The van der Waals surface area contributed by atoms with Gasteiger partial charge in [0.2, 0.25) is 10.0 Å². The molecule has 2 saturated heterocycles. The fourth-order valence-corrected chi connectivity index (χ4v) is 7.70. The molecule has 3 heterocycles. The number of aryl methyl sites for hydroxylation is 1. The van der Waals surface area contributed by atoms with Crippen molar-refractivity contribution in [1.82, 2.24) is 4.31 Å². The van der Waals surface area contributed by atoms with E-state index in [0.717, 1.165) is 41.5 Å². The van der Waals surface area contributed by atoms with Crippen LogP contribution in [0.1, 0.15) is 28.1 Å². The first-order chi connectivity index (χ1) is 14.0. The monoisotopic (exact) mass is 451 g/mol. The number of hydrogen-bond acceptors (Lipinski definition) is 6. The largest absolute Gasteiger partial charge is 0.371 e. The zero-order valence-corrected chi connectivity index (χ0v) is 18.8. The van der Waals surface area contributed by atoms with Gasteiger partial charge in [-0.25, -0.2) is 8.42 Å². The van der Waals surface area contributed by atoms with Crippen LogP contribution in [-0.2, 0) is 10.0 Å². The van der Waals surface area contributed by atoms with Gasteiger partial charge in [-0.3, -0.25) is 4.79 Å². The maximum Gasteiger partial charge on any atom is 0.267 e. The van der Waals surface area contributed by atoms with Crippen LogP contribution in [0.25, 0.3) is 0 Å². The number of anilines is 2. The van der Waals surface area contributed by atoms with E-state index in [9.17, 15) is 13.2 Å². The Labute approximate surface area is 180 Å².